The molecule has 2 aromatic carbocycles. The molecule has 2 fully saturated rings. The highest BCUT2D eigenvalue weighted by Gasteiger charge is 2.35. The van der Waals surface area contributed by atoms with Crippen molar-refractivity contribution >= 4 is 47.2 Å². The molecule has 2 N–H and O–H groups in total. The number of aromatic nitrogens is 2. The molecule has 2 aliphatic heterocycles. The van der Waals surface area contributed by atoms with Crippen molar-refractivity contribution in [1.29, 1.82) is 0 Å². The Morgan fingerprint density at radius 1 is 0.609 bits per heavy atom. The number of likely N-dealkylation sites (tertiary alicyclic amines) is 2. The standard InChI is InChI=1S/C36H34N6O4/c43-33(31-7-3-21-41(31)35(45)27-5-1-19-37-23-27)39-29-15-11-25(12-16-29)9-10-26-13-17-30(18-14-26)40-34(44)32-8-4-22-42(32)36(46)28-6-2-20-38-24-28/h1-2,5-6,9-20,23-24,31-32H,3-4,7-8,21-22H2,(H,39,43)(H,40,44)/t31-,32-/m0/s1. The van der Waals surface area contributed by atoms with E-state index in [1.807, 2.05) is 60.7 Å². The number of anilines is 2. The van der Waals surface area contributed by atoms with Gasteiger partial charge in [0.15, 0.2) is 0 Å². The maximum absolute atomic E-state index is 13.0. The van der Waals surface area contributed by atoms with Gasteiger partial charge in [-0.25, -0.2) is 0 Å². The first-order chi connectivity index (χ1) is 22.5. The van der Waals surface area contributed by atoms with E-state index < -0.39 is 12.1 Å². The Kier molecular flexibility index (Phi) is 9.24. The summed E-state index contributed by atoms with van der Waals surface area (Å²) in [6.07, 6.45) is 13.0. The lowest BCUT2D eigenvalue weighted by molar-refractivity contribution is -0.120. The largest absolute Gasteiger partial charge is 0.327 e. The topological polar surface area (TPSA) is 125 Å². The summed E-state index contributed by atoms with van der Waals surface area (Å²) in [5.41, 5.74) is 4.16. The van der Waals surface area contributed by atoms with Crippen LogP contribution in [0.25, 0.3) is 12.2 Å². The van der Waals surface area contributed by atoms with Gasteiger partial charge in [0, 0.05) is 49.3 Å². The highest BCUT2D eigenvalue weighted by Crippen LogP contribution is 2.24. The van der Waals surface area contributed by atoms with Crippen LogP contribution in [0.3, 0.4) is 0 Å². The maximum Gasteiger partial charge on any atom is 0.256 e. The molecule has 46 heavy (non-hydrogen) atoms. The predicted octanol–water partition coefficient (Wildman–Crippen LogP) is 5.13. The van der Waals surface area contributed by atoms with Crippen LogP contribution in [-0.4, -0.2) is 68.6 Å². The molecule has 6 rings (SSSR count). The molecule has 2 aliphatic rings. The van der Waals surface area contributed by atoms with Crippen LogP contribution in [-0.2, 0) is 9.59 Å². The second kappa shape index (κ2) is 14.0. The number of pyridine rings is 2. The summed E-state index contributed by atoms with van der Waals surface area (Å²) in [6, 6.07) is 20.8. The van der Waals surface area contributed by atoms with Crippen molar-refractivity contribution in [2.75, 3.05) is 23.7 Å². The van der Waals surface area contributed by atoms with E-state index in [1.165, 1.54) is 12.4 Å². The highest BCUT2D eigenvalue weighted by molar-refractivity contribution is 6.02. The molecule has 232 valence electrons. The van der Waals surface area contributed by atoms with Crippen molar-refractivity contribution in [2.45, 2.75) is 37.8 Å². The molecule has 0 radical (unpaired) electrons. The number of nitrogens with one attached hydrogen (secondary N) is 2. The van der Waals surface area contributed by atoms with Crippen LogP contribution in [0.5, 0.6) is 0 Å². The van der Waals surface area contributed by atoms with Crippen LogP contribution in [0.2, 0.25) is 0 Å². The van der Waals surface area contributed by atoms with Crippen LogP contribution < -0.4 is 10.6 Å². The van der Waals surface area contributed by atoms with E-state index in [0.29, 0.717) is 48.4 Å². The van der Waals surface area contributed by atoms with Gasteiger partial charge in [0.1, 0.15) is 12.1 Å². The van der Waals surface area contributed by atoms with Gasteiger partial charge < -0.3 is 20.4 Å². The molecule has 2 atom stereocenters. The number of rotatable bonds is 8. The fourth-order valence-corrected chi connectivity index (χ4v) is 5.87. The Hall–Kier alpha value is -5.64. The lowest BCUT2D eigenvalue weighted by Gasteiger charge is -2.24. The lowest BCUT2D eigenvalue weighted by atomic mass is 10.1. The zero-order valence-corrected chi connectivity index (χ0v) is 25.2. The first-order valence-corrected chi connectivity index (χ1v) is 15.4. The summed E-state index contributed by atoms with van der Waals surface area (Å²) in [5.74, 6) is -0.775. The Bertz CT molecular complexity index is 1600. The fraction of sp³-hybridized carbons (Fsp3) is 0.222. The molecule has 0 aliphatic carbocycles. The van der Waals surface area contributed by atoms with E-state index in [0.717, 1.165) is 24.0 Å². The Morgan fingerprint density at radius 3 is 1.39 bits per heavy atom. The molecule has 4 heterocycles. The second-order valence-electron chi connectivity index (χ2n) is 11.4. The molecule has 10 nitrogen and oxygen atoms in total. The molecule has 4 aromatic rings. The Morgan fingerprint density at radius 2 is 1.02 bits per heavy atom. The summed E-state index contributed by atoms with van der Waals surface area (Å²) in [5, 5.41) is 5.90. The minimum absolute atomic E-state index is 0.185. The zero-order valence-electron chi connectivity index (χ0n) is 25.2. The van der Waals surface area contributed by atoms with Crippen molar-refractivity contribution in [1.82, 2.24) is 19.8 Å². The van der Waals surface area contributed by atoms with Crippen LogP contribution in [0.15, 0.2) is 97.6 Å². The summed E-state index contributed by atoms with van der Waals surface area (Å²) < 4.78 is 0. The molecule has 2 saturated heterocycles. The molecular weight excluding hydrogens is 580 g/mol. The minimum atomic E-state index is -0.522. The van der Waals surface area contributed by atoms with Gasteiger partial charge in [0.25, 0.3) is 11.8 Å². The van der Waals surface area contributed by atoms with E-state index in [1.54, 1.807) is 46.5 Å². The fourth-order valence-electron chi connectivity index (χ4n) is 5.87. The Labute approximate surface area is 267 Å². The number of hydrogen-bond acceptors (Lipinski definition) is 6. The van der Waals surface area contributed by atoms with Crippen molar-refractivity contribution in [3.8, 4) is 0 Å². The molecule has 10 heteroatoms. The van der Waals surface area contributed by atoms with Gasteiger partial charge in [-0.05, 0) is 85.3 Å². The molecule has 4 amide bonds. The smallest absolute Gasteiger partial charge is 0.256 e. The molecule has 0 spiro atoms. The lowest BCUT2D eigenvalue weighted by Crippen LogP contribution is -2.43. The van der Waals surface area contributed by atoms with Crippen LogP contribution >= 0.6 is 0 Å². The Balaban J connectivity index is 1.01. The third-order valence-electron chi connectivity index (χ3n) is 8.27. The summed E-state index contributed by atoms with van der Waals surface area (Å²) in [4.78, 5) is 63.2. The van der Waals surface area contributed by atoms with Gasteiger partial charge in [0.2, 0.25) is 11.8 Å². The zero-order chi connectivity index (χ0) is 31.9. The number of carbonyl (C=O) groups excluding carboxylic acids is 4. The summed E-state index contributed by atoms with van der Waals surface area (Å²) in [7, 11) is 0. The van der Waals surface area contributed by atoms with Gasteiger partial charge in [0.05, 0.1) is 11.1 Å². The molecular formula is C36H34N6O4. The second-order valence-corrected chi connectivity index (χ2v) is 11.4. The van der Waals surface area contributed by atoms with Crippen molar-refractivity contribution in [3.05, 3.63) is 120 Å². The number of nitrogens with zero attached hydrogens (tertiary/aromatic N) is 4. The number of hydrogen-bond donors (Lipinski definition) is 2. The van der Waals surface area contributed by atoms with Crippen molar-refractivity contribution in [2.24, 2.45) is 0 Å². The first kappa shape index (κ1) is 30.4. The number of benzene rings is 2. The quantitative estimate of drug-likeness (QED) is 0.265. The average molecular weight is 615 g/mol. The van der Waals surface area contributed by atoms with Gasteiger partial charge in [-0.3, -0.25) is 29.1 Å². The van der Waals surface area contributed by atoms with E-state index in [9.17, 15) is 19.2 Å². The third kappa shape index (κ3) is 7.02. The van der Waals surface area contributed by atoms with Crippen molar-refractivity contribution in [3.63, 3.8) is 0 Å². The monoisotopic (exact) mass is 614 g/mol. The van der Waals surface area contributed by atoms with Crippen LogP contribution in [0.4, 0.5) is 11.4 Å². The normalized spacial score (nSPS) is 17.7. The maximum atomic E-state index is 13.0. The molecule has 0 bridgehead atoms. The summed E-state index contributed by atoms with van der Waals surface area (Å²) >= 11 is 0. The summed E-state index contributed by atoms with van der Waals surface area (Å²) in [6.45, 7) is 1.08. The third-order valence-corrected chi connectivity index (χ3v) is 8.27. The van der Waals surface area contributed by atoms with E-state index in [-0.39, 0.29) is 23.6 Å². The first-order valence-electron chi connectivity index (χ1n) is 15.4. The van der Waals surface area contributed by atoms with Crippen LogP contribution in [0.1, 0.15) is 57.5 Å². The van der Waals surface area contributed by atoms with Gasteiger partial charge in [-0.15, -0.1) is 0 Å². The highest BCUT2D eigenvalue weighted by atomic mass is 16.2. The van der Waals surface area contributed by atoms with E-state index in [2.05, 4.69) is 20.6 Å². The van der Waals surface area contributed by atoms with E-state index >= 15 is 0 Å². The van der Waals surface area contributed by atoms with Gasteiger partial charge >= 0.3 is 0 Å². The van der Waals surface area contributed by atoms with Crippen molar-refractivity contribution < 1.29 is 19.2 Å². The minimum Gasteiger partial charge on any atom is -0.327 e. The van der Waals surface area contributed by atoms with E-state index in [4.69, 9.17) is 0 Å². The molecule has 0 saturated carbocycles. The SMILES string of the molecule is O=C(Nc1ccc(C=Cc2ccc(NC(=O)[C@@H]3CCCN3C(=O)c3cccnc3)cc2)cc1)[C@@H]1CCCN1C(=O)c1cccnc1. The van der Waals surface area contributed by atoms with Gasteiger partial charge in [-0.2, -0.15) is 0 Å². The number of amides is 4. The molecule has 0 unspecified atom stereocenters. The average Bonchev–Trinajstić information content (AvgIpc) is 3.80. The predicted molar refractivity (Wildman–Crippen MR) is 176 cm³/mol. The van der Waals surface area contributed by atoms with Gasteiger partial charge in [-0.1, -0.05) is 36.4 Å². The molecule has 2 aromatic heterocycles. The number of carbonyl (C=O) groups is 4. The van der Waals surface area contributed by atoms with Crippen LogP contribution in [0, 0.1) is 0 Å².